The van der Waals surface area contributed by atoms with Gasteiger partial charge in [0.05, 0.1) is 16.9 Å². The minimum atomic E-state index is -1.03. The molecule has 0 fully saturated rings. The van der Waals surface area contributed by atoms with Crippen LogP contribution in [0.25, 0.3) is 0 Å². The Morgan fingerprint density at radius 2 is 1.62 bits per heavy atom. The molecule has 0 spiro atoms. The number of thioether (sulfide) groups is 1. The molecular weight excluding hydrogens is 340 g/mol. The van der Waals surface area contributed by atoms with Gasteiger partial charge in [0, 0.05) is 4.90 Å². The summed E-state index contributed by atoms with van der Waals surface area (Å²) in [7, 11) is 0. The number of hydrogen-bond acceptors (Lipinski definition) is 5. The fourth-order valence-electron chi connectivity index (χ4n) is 2.09. The topological polar surface area (TPSA) is 63.7 Å². The molecule has 24 heavy (non-hydrogen) atoms. The molecule has 5 nitrogen and oxygen atoms in total. The third-order valence-electron chi connectivity index (χ3n) is 3.20. The molecule has 0 unspecified atom stereocenters. The molecular formula is C16H9F2NO4S. The molecule has 3 rings (SSSR count). The predicted octanol–water partition coefficient (Wildman–Crippen LogP) is 2.81. The summed E-state index contributed by atoms with van der Waals surface area (Å²) in [5.41, 5.74) is 0.312. The lowest BCUT2D eigenvalue weighted by Gasteiger charge is -2.12. The van der Waals surface area contributed by atoms with Crippen LogP contribution in [0, 0.1) is 11.6 Å². The van der Waals surface area contributed by atoms with E-state index in [1.165, 1.54) is 18.2 Å². The Labute approximate surface area is 139 Å². The van der Waals surface area contributed by atoms with Crippen molar-refractivity contribution in [2.75, 3.05) is 5.75 Å². The Hall–Kier alpha value is -2.74. The fourth-order valence-corrected chi connectivity index (χ4v) is 2.78. The van der Waals surface area contributed by atoms with Crippen LogP contribution in [0.2, 0.25) is 0 Å². The van der Waals surface area contributed by atoms with Crippen molar-refractivity contribution < 1.29 is 28.0 Å². The molecule has 0 radical (unpaired) electrons. The molecule has 0 atom stereocenters. The number of hydroxylamine groups is 2. The highest BCUT2D eigenvalue weighted by molar-refractivity contribution is 8.00. The molecule has 1 aliphatic heterocycles. The van der Waals surface area contributed by atoms with Crippen molar-refractivity contribution in [2.45, 2.75) is 4.90 Å². The lowest BCUT2D eigenvalue weighted by atomic mass is 10.1. The Morgan fingerprint density at radius 1 is 1.00 bits per heavy atom. The molecule has 1 aliphatic rings. The summed E-state index contributed by atoms with van der Waals surface area (Å²) in [6.07, 6.45) is 0. The summed E-state index contributed by atoms with van der Waals surface area (Å²) in [6.45, 7) is 0. The quantitative estimate of drug-likeness (QED) is 0.627. The van der Waals surface area contributed by atoms with Crippen LogP contribution < -0.4 is 0 Å². The number of carbonyl (C=O) groups excluding carboxylic acids is 3. The number of benzene rings is 2. The van der Waals surface area contributed by atoms with Crippen molar-refractivity contribution in [1.82, 2.24) is 5.06 Å². The Morgan fingerprint density at radius 3 is 2.21 bits per heavy atom. The van der Waals surface area contributed by atoms with Crippen molar-refractivity contribution in [3.05, 3.63) is 65.2 Å². The van der Waals surface area contributed by atoms with E-state index in [1.807, 2.05) is 0 Å². The van der Waals surface area contributed by atoms with E-state index in [1.54, 1.807) is 12.1 Å². The highest BCUT2D eigenvalue weighted by atomic mass is 32.2. The van der Waals surface area contributed by atoms with Crippen molar-refractivity contribution in [1.29, 1.82) is 0 Å². The average molecular weight is 349 g/mol. The first-order valence-electron chi connectivity index (χ1n) is 6.74. The van der Waals surface area contributed by atoms with Gasteiger partial charge >= 0.3 is 5.97 Å². The third kappa shape index (κ3) is 3.00. The van der Waals surface area contributed by atoms with E-state index in [9.17, 15) is 23.2 Å². The highest BCUT2D eigenvalue weighted by Gasteiger charge is 2.38. The first-order chi connectivity index (χ1) is 11.5. The minimum absolute atomic E-state index is 0.156. The number of halogens is 2. The first-order valence-corrected chi connectivity index (χ1v) is 7.72. The number of nitrogens with zero attached hydrogens (tertiary/aromatic N) is 1. The van der Waals surface area contributed by atoms with Gasteiger partial charge in [-0.2, -0.15) is 0 Å². The molecule has 122 valence electrons. The van der Waals surface area contributed by atoms with E-state index in [4.69, 9.17) is 4.84 Å². The van der Waals surface area contributed by atoms with Crippen LogP contribution >= 0.6 is 11.8 Å². The van der Waals surface area contributed by atoms with Gasteiger partial charge in [-0.05, 0) is 30.3 Å². The Balaban J connectivity index is 1.63. The molecule has 0 aromatic heterocycles. The van der Waals surface area contributed by atoms with E-state index in [0.717, 1.165) is 23.9 Å². The van der Waals surface area contributed by atoms with Crippen LogP contribution in [-0.4, -0.2) is 28.6 Å². The van der Waals surface area contributed by atoms with Crippen LogP contribution in [0.3, 0.4) is 0 Å². The van der Waals surface area contributed by atoms with Gasteiger partial charge in [0.25, 0.3) is 11.8 Å². The second-order valence-corrected chi connectivity index (χ2v) is 5.83. The smallest absolute Gasteiger partial charge is 0.329 e. The number of amides is 2. The van der Waals surface area contributed by atoms with Crippen LogP contribution in [0.5, 0.6) is 0 Å². The van der Waals surface area contributed by atoms with Crippen molar-refractivity contribution in [3.8, 4) is 0 Å². The number of fused-ring (bicyclic) bond motifs is 1. The zero-order valence-corrected chi connectivity index (χ0v) is 12.8. The van der Waals surface area contributed by atoms with Gasteiger partial charge in [0.15, 0.2) is 11.6 Å². The number of hydrogen-bond donors (Lipinski definition) is 0. The summed E-state index contributed by atoms with van der Waals surface area (Å²) in [4.78, 5) is 41.0. The van der Waals surface area contributed by atoms with Crippen LogP contribution in [-0.2, 0) is 9.63 Å². The van der Waals surface area contributed by atoms with Crippen LogP contribution in [0.4, 0.5) is 8.78 Å². The second kappa shape index (κ2) is 6.40. The summed E-state index contributed by atoms with van der Waals surface area (Å²) >= 11 is 0.891. The van der Waals surface area contributed by atoms with Crippen molar-refractivity contribution >= 4 is 29.5 Å². The molecule has 0 saturated heterocycles. The standard InChI is InChI=1S/C16H9F2NO4S/c17-12-6-5-9(7-13(12)18)24-8-14(20)23-19-15(21)10-3-1-2-4-11(10)16(19)22/h1-7H,8H2. The predicted molar refractivity (Wildman–Crippen MR) is 80.1 cm³/mol. The first kappa shape index (κ1) is 16.1. The molecule has 0 N–H and O–H groups in total. The third-order valence-corrected chi connectivity index (χ3v) is 4.16. The van der Waals surface area contributed by atoms with Gasteiger partial charge in [-0.3, -0.25) is 9.59 Å². The summed E-state index contributed by atoms with van der Waals surface area (Å²) in [5.74, 6) is -4.61. The maximum atomic E-state index is 13.1. The summed E-state index contributed by atoms with van der Waals surface area (Å²) in [6, 6.07) is 9.28. The largest absolute Gasteiger partial charge is 0.343 e. The lowest BCUT2D eigenvalue weighted by molar-refractivity contribution is -0.165. The number of carbonyl (C=O) groups is 3. The molecule has 2 amide bonds. The van der Waals surface area contributed by atoms with E-state index < -0.39 is 29.4 Å². The molecule has 2 aromatic rings. The lowest BCUT2D eigenvalue weighted by Crippen LogP contribution is -2.33. The summed E-state index contributed by atoms with van der Waals surface area (Å²) in [5, 5.41) is 0.402. The molecule has 1 heterocycles. The van der Waals surface area contributed by atoms with Gasteiger partial charge in [-0.15, -0.1) is 11.8 Å². The van der Waals surface area contributed by atoms with Gasteiger partial charge < -0.3 is 4.84 Å². The highest BCUT2D eigenvalue weighted by Crippen LogP contribution is 2.24. The van der Waals surface area contributed by atoms with E-state index in [0.29, 0.717) is 9.96 Å². The maximum Gasteiger partial charge on any atom is 0.343 e. The molecule has 0 saturated carbocycles. The number of rotatable bonds is 4. The fraction of sp³-hybridized carbons (Fsp3) is 0.0625. The molecule has 8 heteroatoms. The zero-order chi connectivity index (χ0) is 17.3. The van der Waals surface area contributed by atoms with Crippen molar-refractivity contribution in [3.63, 3.8) is 0 Å². The van der Waals surface area contributed by atoms with Crippen molar-refractivity contribution in [2.24, 2.45) is 0 Å². The number of imide groups is 1. The van der Waals surface area contributed by atoms with Crippen LogP contribution in [0.15, 0.2) is 47.4 Å². The van der Waals surface area contributed by atoms with Gasteiger partial charge in [-0.1, -0.05) is 17.2 Å². The monoisotopic (exact) mass is 349 g/mol. The van der Waals surface area contributed by atoms with E-state index in [-0.39, 0.29) is 16.9 Å². The zero-order valence-electron chi connectivity index (χ0n) is 12.0. The summed E-state index contributed by atoms with van der Waals surface area (Å²) < 4.78 is 25.9. The van der Waals surface area contributed by atoms with E-state index >= 15 is 0 Å². The average Bonchev–Trinajstić information content (AvgIpc) is 2.81. The SMILES string of the molecule is O=C(CSc1ccc(F)c(F)c1)ON1C(=O)c2ccccc2C1=O. The normalized spacial score (nSPS) is 13.2. The molecule has 0 bridgehead atoms. The maximum absolute atomic E-state index is 13.1. The van der Waals surface area contributed by atoms with Gasteiger partial charge in [0.1, 0.15) is 0 Å². The van der Waals surface area contributed by atoms with Gasteiger partial charge in [0.2, 0.25) is 0 Å². The minimum Gasteiger partial charge on any atom is -0.329 e. The Bertz CT molecular complexity index is 821. The van der Waals surface area contributed by atoms with Crippen LogP contribution in [0.1, 0.15) is 20.7 Å². The second-order valence-electron chi connectivity index (χ2n) is 4.78. The van der Waals surface area contributed by atoms with E-state index in [2.05, 4.69) is 0 Å². The molecule has 2 aromatic carbocycles. The Kier molecular flexibility index (Phi) is 4.30. The molecule has 0 aliphatic carbocycles. The van der Waals surface area contributed by atoms with Gasteiger partial charge in [-0.25, -0.2) is 13.6 Å².